The van der Waals surface area contributed by atoms with Crippen molar-refractivity contribution >= 4 is 17.3 Å². The summed E-state index contributed by atoms with van der Waals surface area (Å²) < 4.78 is 58.8. The molecular formula is C16H12F4N2O4. The van der Waals surface area contributed by atoms with E-state index in [0.29, 0.717) is 5.69 Å². The van der Waals surface area contributed by atoms with Gasteiger partial charge in [0.05, 0.1) is 12.2 Å². The number of benzene rings is 2. The molecule has 0 saturated heterocycles. The Hall–Kier alpha value is -3.17. The first kappa shape index (κ1) is 17.6. The number of rotatable bonds is 3. The van der Waals surface area contributed by atoms with E-state index in [1.165, 1.54) is 12.1 Å². The van der Waals surface area contributed by atoms with E-state index in [0.717, 1.165) is 24.3 Å². The van der Waals surface area contributed by atoms with Gasteiger partial charge in [-0.3, -0.25) is 4.79 Å². The van der Waals surface area contributed by atoms with Crippen molar-refractivity contribution in [2.75, 3.05) is 17.2 Å². The predicted octanol–water partition coefficient (Wildman–Crippen LogP) is 3.24. The van der Waals surface area contributed by atoms with Crippen molar-refractivity contribution in [3.05, 3.63) is 42.2 Å². The zero-order chi connectivity index (χ0) is 18.9. The molecule has 0 bridgehead atoms. The zero-order valence-electron chi connectivity index (χ0n) is 12.9. The highest BCUT2D eigenvalue weighted by Gasteiger charge is 2.32. The molecule has 1 unspecified atom stereocenters. The summed E-state index contributed by atoms with van der Waals surface area (Å²) in [5.41, 5.74) is 0.567. The quantitative estimate of drug-likeness (QED) is 0.721. The third-order valence-electron chi connectivity index (χ3n) is 3.44. The minimum absolute atomic E-state index is 0.0377. The van der Waals surface area contributed by atoms with Gasteiger partial charge in [0.1, 0.15) is 11.6 Å². The Kier molecular flexibility index (Phi) is 4.49. The standard InChI is InChI=1S/C16H12F4N2O4/c17-8-1-3-10-13(5-8)25-14(7-21-10)15(24)22-9-2-4-12(11(23)6-9)26-16(18,19)20/h1-6,14,21,23H,7H2,(H,22,24). The number of hydrogen-bond donors (Lipinski definition) is 3. The van der Waals surface area contributed by atoms with Gasteiger partial charge in [0.2, 0.25) is 0 Å². The number of fused-ring (bicyclic) bond motifs is 1. The zero-order valence-corrected chi connectivity index (χ0v) is 12.9. The molecule has 3 rings (SSSR count). The highest BCUT2D eigenvalue weighted by Crippen LogP contribution is 2.34. The third kappa shape index (κ3) is 4.08. The van der Waals surface area contributed by atoms with Crippen LogP contribution in [0.1, 0.15) is 0 Å². The number of hydrogen-bond acceptors (Lipinski definition) is 5. The van der Waals surface area contributed by atoms with Gasteiger partial charge in [-0.15, -0.1) is 13.2 Å². The Morgan fingerprint density at radius 1 is 1.27 bits per heavy atom. The number of amides is 1. The lowest BCUT2D eigenvalue weighted by molar-refractivity contribution is -0.275. The second-order valence-electron chi connectivity index (χ2n) is 5.35. The van der Waals surface area contributed by atoms with Crippen molar-refractivity contribution in [3.8, 4) is 17.2 Å². The average Bonchev–Trinajstić information content (AvgIpc) is 2.55. The SMILES string of the molecule is O=C(Nc1ccc(OC(F)(F)F)c(O)c1)C1CNc2ccc(F)cc2O1. The van der Waals surface area contributed by atoms with E-state index < -0.39 is 35.7 Å². The number of carbonyl (C=O) groups is 1. The van der Waals surface area contributed by atoms with E-state index in [1.807, 2.05) is 0 Å². The van der Waals surface area contributed by atoms with Crippen LogP contribution in [0, 0.1) is 5.82 Å². The molecule has 0 aliphatic carbocycles. The van der Waals surface area contributed by atoms with E-state index in [4.69, 9.17) is 4.74 Å². The Bertz CT molecular complexity index is 841. The van der Waals surface area contributed by atoms with E-state index in [2.05, 4.69) is 15.4 Å². The first-order chi connectivity index (χ1) is 12.2. The van der Waals surface area contributed by atoms with Crippen LogP contribution >= 0.6 is 0 Å². The summed E-state index contributed by atoms with van der Waals surface area (Å²) in [6.45, 7) is 0.103. The largest absolute Gasteiger partial charge is 0.573 e. The van der Waals surface area contributed by atoms with Crippen LogP contribution < -0.4 is 20.1 Å². The van der Waals surface area contributed by atoms with Crippen molar-refractivity contribution in [1.82, 2.24) is 0 Å². The molecule has 1 atom stereocenters. The van der Waals surface area contributed by atoms with E-state index >= 15 is 0 Å². The summed E-state index contributed by atoms with van der Waals surface area (Å²) in [7, 11) is 0. The molecule has 1 aliphatic heterocycles. The Labute approximate surface area is 144 Å². The fourth-order valence-electron chi connectivity index (χ4n) is 2.31. The topological polar surface area (TPSA) is 79.8 Å². The van der Waals surface area contributed by atoms with Crippen molar-refractivity contribution < 1.29 is 36.9 Å². The van der Waals surface area contributed by atoms with Crippen LogP contribution in [0.4, 0.5) is 28.9 Å². The molecule has 0 spiro atoms. The van der Waals surface area contributed by atoms with Gasteiger partial charge in [-0.2, -0.15) is 0 Å². The van der Waals surface area contributed by atoms with Crippen LogP contribution in [0.15, 0.2) is 36.4 Å². The molecule has 6 nitrogen and oxygen atoms in total. The molecule has 10 heteroatoms. The minimum Gasteiger partial charge on any atom is -0.504 e. The van der Waals surface area contributed by atoms with E-state index in [1.54, 1.807) is 0 Å². The monoisotopic (exact) mass is 372 g/mol. The number of aromatic hydroxyl groups is 1. The highest BCUT2D eigenvalue weighted by atomic mass is 19.4. The summed E-state index contributed by atoms with van der Waals surface area (Å²) in [4.78, 5) is 12.2. The summed E-state index contributed by atoms with van der Waals surface area (Å²) in [6, 6.07) is 6.73. The molecule has 0 radical (unpaired) electrons. The highest BCUT2D eigenvalue weighted by molar-refractivity contribution is 5.95. The van der Waals surface area contributed by atoms with E-state index in [-0.39, 0.29) is 18.0 Å². The summed E-state index contributed by atoms with van der Waals surface area (Å²) >= 11 is 0. The van der Waals surface area contributed by atoms with Gasteiger partial charge in [0.15, 0.2) is 17.6 Å². The molecule has 2 aromatic carbocycles. The fraction of sp³-hybridized carbons (Fsp3) is 0.188. The van der Waals surface area contributed by atoms with Gasteiger partial charge in [-0.05, 0) is 24.3 Å². The lowest BCUT2D eigenvalue weighted by Gasteiger charge is -2.26. The first-order valence-electron chi connectivity index (χ1n) is 7.31. The smallest absolute Gasteiger partial charge is 0.504 e. The van der Waals surface area contributed by atoms with Crippen LogP contribution in [0.3, 0.4) is 0 Å². The number of ether oxygens (including phenoxy) is 2. The van der Waals surface area contributed by atoms with Crippen molar-refractivity contribution in [2.24, 2.45) is 0 Å². The van der Waals surface area contributed by atoms with Gasteiger partial charge < -0.3 is 25.2 Å². The third-order valence-corrected chi connectivity index (χ3v) is 3.44. The molecule has 0 saturated carbocycles. The van der Waals surface area contributed by atoms with Gasteiger partial charge >= 0.3 is 6.36 Å². The molecule has 1 amide bonds. The van der Waals surface area contributed by atoms with Crippen LogP contribution in [0.5, 0.6) is 17.2 Å². The fourth-order valence-corrected chi connectivity index (χ4v) is 2.31. The van der Waals surface area contributed by atoms with Crippen molar-refractivity contribution in [1.29, 1.82) is 0 Å². The maximum absolute atomic E-state index is 13.2. The van der Waals surface area contributed by atoms with Crippen LogP contribution in [-0.2, 0) is 4.79 Å². The molecular weight excluding hydrogens is 360 g/mol. The predicted molar refractivity (Wildman–Crippen MR) is 82.7 cm³/mol. The Balaban J connectivity index is 1.68. The maximum atomic E-state index is 13.2. The molecule has 0 aromatic heterocycles. The number of anilines is 2. The summed E-state index contributed by atoms with van der Waals surface area (Å²) in [6.07, 6.45) is -5.95. The number of phenolic OH excluding ortho intramolecular Hbond substituents is 1. The minimum atomic E-state index is -4.95. The molecule has 1 aliphatic rings. The summed E-state index contributed by atoms with van der Waals surface area (Å²) in [5, 5.41) is 14.9. The van der Waals surface area contributed by atoms with Gasteiger partial charge in [0.25, 0.3) is 5.91 Å². The average molecular weight is 372 g/mol. The number of nitrogens with one attached hydrogen (secondary N) is 2. The van der Waals surface area contributed by atoms with Gasteiger partial charge in [0, 0.05) is 17.8 Å². The summed E-state index contributed by atoms with van der Waals surface area (Å²) in [5.74, 6) is -2.59. The Morgan fingerprint density at radius 3 is 2.73 bits per heavy atom. The lowest BCUT2D eigenvalue weighted by Crippen LogP contribution is -2.41. The van der Waals surface area contributed by atoms with Crippen molar-refractivity contribution in [3.63, 3.8) is 0 Å². The lowest BCUT2D eigenvalue weighted by atomic mass is 10.2. The number of carbonyl (C=O) groups excluding carboxylic acids is 1. The number of halogens is 4. The Morgan fingerprint density at radius 2 is 2.04 bits per heavy atom. The van der Waals surface area contributed by atoms with Crippen LogP contribution in [0.2, 0.25) is 0 Å². The van der Waals surface area contributed by atoms with Gasteiger partial charge in [-0.1, -0.05) is 0 Å². The first-order valence-corrected chi connectivity index (χ1v) is 7.31. The second-order valence-corrected chi connectivity index (χ2v) is 5.35. The second kappa shape index (κ2) is 6.62. The molecule has 2 aromatic rings. The van der Waals surface area contributed by atoms with Crippen LogP contribution in [-0.4, -0.2) is 30.0 Å². The van der Waals surface area contributed by atoms with Gasteiger partial charge in [-0.25, -0.2) is 4.39 Å². The maximum Gasteiger partial charge on any atom is 0.573 e. The number of phenols is 1. The normalized spacial score (nSPS) is 16.1. The molecule has 138 valence electrons. The molecule has 0 fully saturated rings. The molecule has 3 N–H and O–H groups in total. The van der Waals surface area contributed by atoms with E-state index in [9.17, 15) is 27.5 Å². The molecule has 1 heterocycles. The van der Waals surface area contributed by atoms with Crippen LogP contribution in [0.25, 0.3) is 0 Å². The van der Waals surface area contributed by atoms with Crippen molar-refractivity contribution in [2.45, 2.75) is 12.5 Å². The molecule has 26 heavy (non-hydrogen) atoms. The number of alkyl halides is 3.